The number of nitrogens with zero attached hydrogens (tertiary/aromatic N) is 1. The zero-order chi connectivity index (χ0) is 12.3. The van der Waals surface area contributed by atoms with Crippen LogP contribution in [0.5, 0.6) is 0 Å². The van der Waals surface area contributed by atoms with Crippen LogP contribution in [-0.2, 0) is 5.54 Å². The van der Waals surface area contributed by atoms with Crippen LogP contribution in [0.25, 0.3) is 0 Å². The number of benzene rings is 2. The minimum absolute atomic E-state index is 0. The summed E-state index contributed by atoms with van der Waals surface area (Å²) >= 11 is 0. The molecule has 0 heterocycles. The molecule has 0 spiro atoms. The molecule has 0 saturated heterocycles. The summed E-state index contributed by atoms with van der Waals surface area (Å²) in [4.78, 5) is 2.26. The van der Waals surface area contributed by atoms with Crippen LogP contribution in [0.15, 0.2) is 60.7 Å². The Balaban J connectivity index is 0.00000162. The SMILES string of the molecule is CN(C)C(C)(c1ccccc1)c1ccccc1.Cl. The second-order valence-corrected chi connectivity index (χ2v) is 4.70. The Morgan fingerprint density at radius 2 is 1.06 bits per heavy atom. The molecule has 0 aliphatic rings. The van der Waals surface area contributed by atoms with Crippen LogP contribution in [0.3, 0.4) is 0 Å². The first-order valence-corrected chi connectivity index (χ1v) is 5.94. The molecular weight excluding hydrogens is 242 g/mol. The quantitative estimate of drug-likeness (QED) is 0.809. The van der Waals surface area contributed by atoms with Gasteiger partial charge in [0.05, 0.1) is 5.54 Å². The molecule has 0 atom stereocenters. The fourth-order valence-corrected chi connectivity index (χ4v) is 2.21. The minimum atomic E-state index is -0.0808. The second-order valence-electron chi connectivity index (χ2n) is 4.70. The zero-order valence-corrected chi connectivity index (χ0v) is 11.9. The fraction of sp³-hybridized carbons (Fsp3) is 0.250. The molecule has 0 fully saturated rings. The van der Waals surface area contributed by atoms with Crippen molar-refractivity contribution in [2.75, 3.05) is 14.1 Å². The predicted molar refractivity (Wildman–Crippen MR) is 80.3 cm³/mol. The number of hydrogen-bond acceptors (Lipinski definition) is 1. The van der Waals surface area contributed by atoms with Crippen LogP contribution in [0.1, 0.15) is 18.1 Å². The highest BCUT2D eigenvalue weighted by molar-refractivity contribution is 5.85. The Morgan fingerprint density at radius 1 is 0.722 bits per heavy atom. The summed E-state index contributed by atoms with van der Waals surface area (Å²) in [5.74, 6) is 0. The van der Waals surface area contributed by atoms with E-state index in [1.807, 2.05) is 0 Å². The average molecular weight is 262 g/mol. The molecule has 0 bridgehead atoms. The van der Waals surface area contributed by atoms with Crippen molar-refractivity contribution in [3.05, 3.63) is 71.8 Å². The summed E-state index contributed by atoms with van der Waals surface area (Å²) in [6.45, 7) is 2.26. The van der Waals surface area contributed by atoms with E-state index in [0.717, 1.165) is 0 Å². The highest BCUT2D eigenvalue weighted by atomic mass is 35.5. The van der Waals surface area contributed by atoms with Crippen LogP contribution >= 0.6 is 12.4 Å². The van der Waals surface area contributed by atoms with E-state index in [0.29, 0.717) is 0 Å². The lowest BCUT2D eigenvalue weighted by atomic mass is 9.83. The third kappa shape index (κ3) is 2.58. The van der Waals surface area contributed by atoms with Crippen molar-refractivity contribution in [3.8, 4) is 0 Å². The van der Waals surface area contributed by atoms with Crippen LogP contribution in [0.4, 0.5) is 0 Å². The van der Waals surface area contributed by atoms with Gasteiger partial charge in [0.1, 0.15) is 0 Å². The van der Waals surface area contributed by atoms with Crippen LogP contribution in [0, 0.1) is 0 Å². The summed E-state index contributed by atoms with van der Waals surface area (Å²) in [6, 6.07) is 21.3. The zero-order valence-electron chi connectivity index (χ0n) is 11.1. The van der Waals surface area contributed by atoms with Gasteiger partial charge in [-0.3, -0.25) is 4.90 Å². The van der Waals surface area contributed by atoms with E-state index in [1.54, 1.807) is 0 Å². The normalized spacial score (nSPS) is 11.1. The van der Waals surface area contributed by atoms with E-state index in [9.17, 15) is 0 Å². The predicted octanol–water partition coefficient (Wildman–Crippen LogP) is 3.93. The van der Waals surface area contributed by atoms with E-state index in [1.165, 1.54) is 11.1 Å². The molecule has 0 radical (unpaired) electrons. The summed E-state index contributed by atoms with van der Waals surface area (Å²) in [7, 11) is 4.25. The third-order valence-electron chi connectivity index (χ3n) is 3.57. The Hall–Kier alpha value is -1.31. The first-order valence-electron chi connectivity index (χ1n) is 5.94. The highest BCUT2D eigenvalue weighted by Crippen LogP contribution is 2.33. The summed E-state index contributed by atoms with van der Waals surface area (Å²) in [6.07, 6.45) is 0. The lowest BCUT2D eigenvalue weighted by Gasteiger charge is -2.37. The van der Waals surface area contributed by atoms with E-state index in [4.69, 9.17) is 0 Å². The summed E-state index contributed by atoms with van der Waals surface area (Å²) in [5.41, 5.74) is 2.55. The van der Waals surface area contributed by atoms with Crippen molar-refractivity contribution >= 4 is 12.4 Å². The van der Waals surface area contributed by atoms with E-state index < -0.39 is 0 Å². The van der Waals surface area contributed by atoms with Gasteiger partial charge in [-0.2, -0.15) is 0 Å². The molecule has 0 unspecified atom stereocenters. The lowest BCUT2D eigenvalue weighted by molar-refractivity contribution is 0.223. The Bertz CT molecular complexity index is 425. The first kappa shape index (κ1) is 14.7. The molecule has 18 heavy (non-hydrogen) atoms. The standard InChI is InChI=1S/C16H19N.ClH/c1-16(17(2)3,14-10-6-4-7-11-14)15-12-8-5-9-13-15;/h4-13H,1-3H3;1H. The van der Waals surface area contributed by atoms with E-state index in [-0.39, 0.29) is 17.9 Å². The average Bonchev–Trinajstić information content (AvgIpc) is 2.39. The monoisotopic (exact) mass is 261 g/mol. The smallest absolute Gasteiger partial charge is 0.0681 e. The van der Waals surface area contributed by atoms with Gasteiger partial charge in [0.2, 0.25) is 0 Å². The summed E-state index contributed by atoms with van der Waals surface area (Å²) in [5, 5.41) is 0. The maximum absolute atomic E-state index is 2.26. The van der Waals surface area contributed by atoms with Crippen molar-refractivity contribution in [1.29, 1.82) is 0 Å². The van der Waals surface area contributed by atoms with Crippen LogP contribution < -0.4 is 0 Å². The molecule has 2 aromatic rings. The molecule has 96 valence electrons. The van der Waals surface area contributed by atoms with Crippen LogP contribution in [-0.4, -0.2) is 19.0 Å². The molecule has 0 aliphatic carbocycles. The molecule has 2 rings (SSSR count). The van der Waals surface area contributed by atoms with Gasteiger partial charge in [0, 0.05) is 0 Å². The van der Waals surface area contributed by atoms with Crippen molar-refractivity contribution in [2.24, 2.45) is 0 Å². The van der Waals surface area contributed by atoms with Gasteiger partial charge in [-0.25, -0.2) is 0 Å². The van der Waals surface area contributed by atoms with Gasteiger partial charge >= 0.3 is 0 Å². The Kier molecular flexibility index (Phi) is 4.94. The molecule has 0 N–H and O–H groups in total. The molecule has 0 amide bonds. The second kappa shape index (κ2) is 6.03. The number of halogens is 1. The van der Waals surface area contributed by atoms with Crippen molar-refractivity contribution < 1.29 is 0 Å². The molecule has 1 nitrogen and oxygen atoms in total. The molecule has 2 heteroatoms. The molecule has 0 aromatic heterocycles. The number of rotatable bonds is 3. The first-order chi connectivity index (χ1) is 8.15. The maximum Gasteiger partial charge on any atom is 0.0681 e. The topological polar surface area (TPSA) is 3.24 Å². The largest absolute Gasteiger partial charge is 0.296 e. The van der Waals surface area contributed by atoms with Crippen molar-refractivity contribution in [1.82, 2.24) is 4.90 Å². The molecular formula is C16H20ClN. The summed E-state index contributed by atoms with van der Waals surface area (Å²) < 4.78 is 0. The molecule has 0 aliphatic heterocycles. The van der Waals surface area contributed by atoms with Gasteiger partial charge in [-0.1, -0.05) is 60.7 Å². The van der Waals surface area contributed by atoms with Gasteiger partial charge in [0.25, 0.3) is 0 Å². The van der Waals surface area contributed by atoms with Crippen molar-refractivity contribution in [3.63, 3.8) is 0 Å². The van der Waals surface area contributed by atoms with Gasteiger partial charge in [-0.05, 0) is 32.1 Å². The molecule has 0 saturated carbocycles. The van der Waals surface area contributed by atoms with Gasteiger partial charge < -0.3 is 0 Å². The van der Waals surface area contributed by atoms with E-state index >= 15 is 0 Å². The maximum atomic E-state index is 2.26. The van der Waals surface area contributed by atoms with E-state index in [2.05, 4.69) is 86.6 Å². The molecule has 2 aromatic carbocycles. The van der Waals surface area contributed by atoms with Gasteiger partial charge in [-0.15, -0.1) is 12.4 Å². The minimum Gasteiger partial charge on any atom is -0.296 e. The number of hydrogen-bond donors (Lipinski definition) is 0. The van der Waals surface area contributed by atoms with Crippen molar-refractivity contribution in [2.45, 2.75) is 12.5 Å². The Labute approximate surface area is 116 Å². The fourth-order valence-electron chi connectivity index (χ4n) is 2.21. The lowest BCUT2D eigenvalue weighted by Crippen LogP contribution is -2.39. The van der Waals surface area contributed by atoms with Gasteiger partial charge in [0.15, 0.2) is 0 Å². The highest BCUT2D eigenvalue weighted by Gasteiger charge is 2.30. The Morgan fingerprint density at radius 3 is 1.33 bits per heavy atom. The van der Waals surface area contributed by atoms with Crippen LogP contribution in [0.2, 0.25) is 0 Å². The third-order valence-corrected chi connectivity index (χ3v) is 3.57.